The van der Waals surface area contributed by atoms with Gasteiger partial charge in [-0.05, 0) is 85.0 Å². The molecule has 0 saturated carbocycles. The minimum atomic E-state index is 0.157. The lowest BCUT2D eigenvalue weighted by atomic mass is 9.97. The van der Waals surface area contributed by atoms with Crippen LogP contribution in [0.1, 0.15) is 36.6 Å². The number of aromatic nitrogens is 3. The Labute approximate surface area is 210 Å². The van der Waals surface area contributed by atoms with Crippen LogP contribution >= 0.6 is 23.4 Å². The number of anilines is 1. The molecule has 1 atom stereocenters. The molecule has 0 amide bonds. The van der Waals surface area contributed by atoms with E-state index >= 15 is 0 Å². The van der Waals surface area contributed by atoms with Gasteiger partial charge in [0.15, 0.2) is 5.16 Å². The van der Waals surface area contributed by atoms with Crippen molar-refractivity contribution < 1.29 is 0 Å². The summed E-state index contributed by atoms with van der Waals surface area (Å²) in [6, 6.07) is 6.67. The maximum atomic E-state index is 6.73. The average molecular weight is 495 g/mol. The number of hydrogen-bond acceptors (Lipinski definition) is 6. The number of hydrogen-bond donors (Lipinski definition) is 3. The number of aromatic amines is 1. The summed E-state index contributed by atoms with van der Waals surface area (Å²) in [4.78, 5) is 16.5. The van der Waals surface area contributed by atoms with Crippen LogP contribution in [0.3, 0.4) is 0 Å². The van der Waals surface area contributed by atoms with E-state index in [0.717, 1.165) is 77.9 Å². The second-order valence-corrected chi connectivity index (χ2v) is 10.6. The summed E-state index contributed by atoms with van der Waals surface area (Å²) in [6.45, 7) is 12.0. The quantitative estimate of drug-likeness (QED) is 0.428. The fraction of sp³-hybridized carbons (Fsp3) is 0.385. The third-order valence-electron chi connectivity index (χ3n) is 6.65. The van der Waals surface area contributed by atoms with Crippen molar-refractivity contribution >= 4 is 46.3 Å². The zero-order chi connectivity index (χ0) is 23.8. The highest BCUT2D eigenvalue weighted by Gasteiger charge is 2.26. The molecule has 8 heteroatoms. The predicted molar refractivity (Wildman–Crippen MR) is 143 cm³/mol. The minimum absolute atomic E-state index is 0.157. The molecule has 0 spiro atoms. The van der Waals surface area contributed by atoms with E-state index in [2.05, 4.69) is 59.9 Å². The third-order valence-corrected chi connectivity index (χ3v) is 7.93. The van der Waals surface area contributed by atoms with Gasteiger partial charge in [0.1, 0.15) is 11.5 Å². The average Bonchev–Trinajstić information content (AvgIpc) is 3.39. The lowest BCUT2D eigenvalue weighted by Crippen LogP contribution is -2.27. The number of aryl methyl sites for hydroxylation is 2. The summed E-state index contributed by atoms with van der Waals surface area (Å²) in [5.41, 5.74) is 12.9. The van der Waals surface area contributed by atoms with Gasteiger partial charge >= 0.3 is 0 Å². The summed E-state index contributed by atoms with van der Waals surface area (Å²) in [6.07, 6.45) is 5.03. The first-order chi connectivity index (χ1) is 16.4. The summed E-state index contributed by atoms with van der Waals surface area (Å²) < 4.78 is 0. The van der Waals surface area contributed by atoms with E-state index in [-0.39, 0.29) is 6.04 Å². The van der Waals surface area contributed by atoms with Crippen LogP contribution in [-0.2, 0) is 6.42 Å². The van der Waals surface area contributed by atoms with Crippen LogP contribution in [-0.4, -0.2) is 47.2 Å². The molecule has 0 radical (unpaired) electrons. The number of nitrogens with zero attached hydrogens (tertiary/aromatic N) is 3. The fourth-order valence-corrected chi connectivity index (χ4v) is 5.84. The van der Waals surface area contributed by atoms with Crippen LogP contribution in [0.2, 0.25) is 5.02 Å². The van der Waals surface area contributed by atoms with Crippen LogP contribution in [0, 0.1) is 6.92 Å². The molecule has 2 aliphatic heterocycles. The molecule has 5 rings (SSSR count). The maximum absolute atomic E-state index is 6.73. The Bertz CT molecular complexity index is 1280. The van der Waals surface area contributed by atoms with Gasteiger partial charge in [0.05, 0.1) is 10.4 Å². The monoisotopic (exact) mass is 494 g/mol. The van der Waals surface area contributed by atoms with Gasteiger partial charge < -0.3 is 20.9 Å². The van der Waals surface area contributed by atoms with Crippen molar-refractivity contribution in [3.8, 4) is 0 Å². The lowest BCUT2D eigenvalue weighted by molar-refractivity contribution is 0.687. The van der Waals surface area contributed by atoms with Gasteiger partial charge in [-0.3, -0.25) is 0 Å². The van der Waals surface area contributed by atoms with E-state index in [1.165, 1.54) is 22.3 Å². The number of nitrogens with one attached hydrogen (secondary N) is 2. The van der Waals surface area contributed by atoms with Gasteiger partial charge in [0.2, 0.25) is 0 Å². The number of nitrogens with two attached hydrogens (primary N) is 1. The fourth-order valence-electron chi connectivity index (χ4n) is 4.64. The van der Waals surface area contributed by atoms with Gasteiger partial charge in [-0.25, -0.2) is 9.97 Å². The molecule has 2 saturated heterocycles. The van der Waals surface area contributed by atoms with Gasteiger partial charge in [-0.15, -0.1) is 0 Å². The number of benzene rings is 1. The molecule has 4 N–H and O–H groups in total. The molecule has 178 valence electrons. The third kappa shape index (κ3) is 4.62. The van der Waals surface area contributed by atoms with Crippen LogP contribution in [0.15, 0.2) is 46.0 Å². The summed E-state index contributed by atoms with van der Waals surface area (Å²) in [5, 5.41) is 5.76. The van der Waals surface area contributed by atoms with Crippen molar-refractivity contribution in [3.63, 3.8) is 0 Å². The largest absolute Gasteiger partial charge is 0.354 e. The number of rotatable bonds is 5. The maximum Gasteiger partial charge on any atom is 0.196 e. The Balaban J connectivity index is 1.47. The Hall–Kier alpha value is -2.32. The molecule has 0 unspecified atom stereocenters. The highest BCUT2D eigenvalue weighted by Crippen LogP contribution is 2.38. The Kier molecular flexibility index (Phi) is 6.71. The lowest BCUT2D eigenvalue weighted by Gasteiger charge is -2.19. The predicted octanol–water partition coefficient (Wildman–Crippen LogP) is 5.10. The van der Waals surface area contributed by atoms with Crippen LogP contribution in [0.5, 0.6) is 0 Å². The minimum Gasteiger partial charge on any atom is -0.354 e. The molecule has 2 aromatic heterocycles. The van der Waals surface area contributed by atoms with Crippen molar-refractivity contribution in [2.45, 2.75) is 49.2 Å². The number of fused-ring (bicyclic) bond motifs is 1. The molecular formula is C26H31ClN6S. The zero-order valence-electron chi connectivity index (χ0n) is 19.7. The van der Waals surface area contributed by atoms with Crippen molar-refractivity contribution in [1.82, 2.24) is 20.3 Å². The van der Waals surface area contributed by atoms with Crippen LogP contribution < -0.4 is 16.0 Å². The van der Waals surface area contributed by atoms with Gasteiger partial charge in [-0.1, -0.05) is 31.2 Å². The first-order valence-electron chi connectivity index (χ1n) is 11.9. The Morgan fingerprint density at radius 1 is 1.35 bits per heavy atom. The Morgan fingerprint density at radius 2 is 2.21 bits per heavy atom. The SMILES string of the molecule is C=C1CCNC/C1=C/c1ccc(Sc2nc(N3CC[C@@H](N)C3)c3c(Cl)c(CC)[nH]c3n2)cc1C. The normalized spacial score (nSPS) is 20.1. The standard InChI is InChI=1S/C26H31ClN6S/c1-4-21-23(27)22-24(30-21)31-26(32-25(22)33-10-8-19(28)14-33)34-20-6-5-17(16(3)11-20)12-18-13-29-9-7-15(18)2/h5-6,11-12,19,29H,2,4,7-10,13-14,28H2,1,3H3,(H,30,31,32)/b18-12-/t19-/m1/s1. The first-order valence-corrected chi connectivity index (χ1v) is 13.1. The smallest absolute Gasteiger partial charge is 0.196 e. The van der Waals surface area contributed by atoms with E-state index in [9.17, 15) is 0 Å². The van der Waals surface area contributed by atoms with Crippen molar-refractivity contribution in [3.05, 3.63) is 57.8 Å². The molecule has 3 aromatic rings. The molecule has 0 bridgehead atoms. The topological polar surface area (TPSA) is 82.9 Å². The first kappa shape index (κ1) is 23.4. The van der Waals surface area contributed by atoms with Gasteiger partial charge in [0.25, 0.3) is 0 Å². The van der Waals surface area contributed by atoms with Gasteiger partial charge in [0, 0.05) is 36.3 Å². The highest BCUT2D eigenvalue weighted by molar-refractivity contribution is 7.99. The molecule has 6 nitrogen and oxygen atoms in total. The number of piperidine rings is 1. The van der Waals surface area contributed by atoms with Crippen LogP contribution in [0.4, 0.5) is 5.82 Å². The van der Waals surface area contributed by atoms with E-state index in [1.54, 1.807) is 11.8 Å². The zero-order valence-corrected chi connectivity index (χ0v) is 21.3. The second kappa shape index (κ2) is 9.74. The molecule has 4 heterocycles. The molecule has 1 aromatic carbocycles. The van der Waals surface area contributed by atoms with E-state index in [1.807, 2.05) is 0 Å². The molecule has 34 heavy (non-hydrogen) atoms. The number of halogens is 1. The van der Waals surface area contributed by atoms with Crippen LogP contribution in [0.25, 0.3) is 17.1 Å². The van der Waals surface area contributed by atoms with Crippen molar-refractivity contribution in [1.29, 1.82) is 0 Å². The van der Waals surface area contributed by atoms with Gasteiger partial charge in [-0.2, -0.15) is 0 Å². The van der Waals surface area contributed by atoms with E-state index in [0.29, 0.717) is 5.16 Å². The molecule has 2 aliphatic rings. The molecular weight excluding hydrogens is 464 g/mol. The van der Waals surface area contributed by atoms with Crippen molar-refractivity contribution in [2.24, 2.45) is 5.73 Å². The second-order valence-electron chi connectivity index (χ2n) is 9.14. The van der Waals surface area contributed by atoms with E-state index < -0.39 is 0 Å². The molecule has 2 fully saturated rings. The summed E-state index contributed by atoms with van der Waals surface area (Å²) in [5.74, 6) is 0.878. The summed E-state index contributed by atoms with van der Waals surface area (Å²) >= 11 is 8.30. The highest BCUT2D eigenvalue weighted by atomic mass is 35.5. The van der Waals surface area contributed by atoms with Crippen molar-refractivity contribution in [2.75, 3.05) is 31.1 Å². The summed E-state index contributed by atoms with van der Waals surface area (Å²) in [7, 11) is 0. The van der Waals surface area contributed by atoms with E-state index in [4.69, 9.17) is 27.3 Å². The Morgan fingerprint density at radius 3 is 2.91 bits per heavy atom. The number of H-pyrrole nitrogens is 1. The molecule has 0 aliphatic carbocycles.